The zero-order valence-corrected chi connectivity index (χ0v) is 18.9. The van der Waals surface area contributed by atoms with E-state index in [1.54, 1.807) is 17.0 Å². The molecule has 0 aromatic carbocycles. The minimum absolute atomic E-state index is 0.117. The molecule has 3 heterocycles. The predicted octanol–water partition coefficient (Wildman–Crippen LogP) is 3.47. The first-order valence-corrected chi connectivity index (χ1v) is 11.5. The standard InChI is InChI=1S/C24H31N5O3/c1-17-18(2)29(19-7-4-3-5-8-19)23(20(17)15-25)26-22(30)16-27-10-12-28(13-11-27)24(31)21-9-6-14-32-21/h6,9,14,19H,3-5,7-8,10-13,16H2,1-2H3,(H,26,30). The molecule has 2 fully saturated rings. The van der Waals surface area contributed by atoms with E-state index in [2.05, 4.69) is 16.0 Å². The third-order valence-corrected chi connectivity index (χ3v) is 6.82. The molecule has 1 saturated carbocycles. The molecule has 170 valence electrons. The van der Waals surface area contributed by atoms with Gasteiger partial charge in [-0.25, -0.2) is 0 Å². The number of rotatable bonds is 5. The highest BCUT2D eigenvalue weighted by Crippen LogP contribution is 2.36. The summed E-state index contributed by atoms with van der Waals surface area (Å²) in [6, 6.07) is 6.00. The number of furan rings is 1. The molecule has 0 atom stereocenters. The van der Waals surface area contributed by atoms with E-state index in [4.69, 9.17) is 4.42 Å². The van der Waals surface area contributed by atoms with Crippen molar-refractivity contribution in [3.8, 4) is 6.07 Å². The highest BCUT2D eigenvalue weighted by molar-refractivity contribution is 5.93. The second-order valence-corrected chi connectivity index (χ2v) is 8.80. The van der Waals surface area contributed by atoms with Gasteiger partial charge in [0.1, 0.15) is 11.9 Å². The van der Waals surface area contributed by atoms with Crippen LogP contribution in [0.25, 0.3) is 0 Å². The molecule has 2 aromatic heterocycles. The minimum atomic E-state index is -0.123. The number of amides is 2. The highest BCUT2D eigenvalue weighted by atomic mass is 16.3. The Morgan fingerprint density at radius 2 is 1.88 bits per heavy atom. The van der Waals surface area contributed by atoms with Crippen molar-refractivity contribution >= 4 is 17.6 Å². The molecule has 0 spiro atoms. The van der Waals surface area contributed by atoms with Crippen LogP contribution >= 0.6 is 0 Å². The molecule has 1 aliphatic carbocycles. The molecule has 0 radical (unpaired) electrons. The van der Waals surface area contributed by atoms with E-state index < -0.39 is 0 Å². The molecule has 0 bridgehead atoms. The Balaban J connectivity index is 1.40. The van der Waals surface area contributed by atoms with E-state index in [0.717, 1.165) is 24.1 Å². The number of nitrogens with zero attached hydrogens (tertiary/aromatic N) is 4. The van der Waals surface area contributed by atoms with Gasteiger partial charge in [-0.05, 0) is 44.4 Å². The van der Waals surface area contributed by atoms with Gasteiger partial charge in [-0.2, -0.15) is 5.26 Å². The topological polar surface area (TPSA) is 94.5 Å². The zero-order valence-electron chi connectivity index (χ0n) is 18.9. The smallest absolute Gasteiger partial charge is 0.289 e. The Bertz CT molecular complexity index is 1000. The van der Waals surface area contributed by atoms with Crippen molar-refractivity contribution in [1.29, 1.82) is 5.26 Å². The molecule has 0 unspecified atom stereocenters. The summed E-state index contributed by atoms with van der Waals surface area (Å²) >= 11 is 0. The predicted molar refractivity (Wildman–Crippen MR) is 120 cm³/mol. The van der Waals surface area contributed by atoms with Crippen LogP contribution in [0.4, 0.5) is 5.82 Å². The maximum Gasteiger partial charge on any atom is 0.289 e. The van der Waals surface area contributed by atoms with Gasteiger partial charge >= 0.3 is 0 Å². The van der Waals surface area contributed by atoms with Crippen molar-refractivity contribution in [2.24, 2.45) is 0 Å². The van der Waals surface area contributed by atoms with E-state index in [0.29, 0.717) is 49.4 Å². The Morgan fingerprint density at radius 1 is 1.16 bits per heavy atom. The van der Waals surface area contributed by atoms with Crippen LogP contribution in [0, 0.1) is 25.2 Å². The number of hydrogen-bond acceptors (Lipinski definition) is 5. The van der Waals surface area contributed by atoms with Crippen LogP contribution < -0.4 is 5.32 Å². The number of carbonyl (C=O) groups excluding carboxylic acids is 2. The fourth-order valence-corrected chi connectivity index (χ4v) is 4.92. The number of hydrogen-bond donors (Lipinski definition) is 1. The van der Waals surface area contributed by atoms with Crippen molar-refractivity contribution in [1.82, 2.24) is 14.4 Å². The molecule has 1 N–H and O–H groups in total. The van der Waals surface area contributed by atoms with Crippen molar-refractivity contribution in [2.75, 3.05) is 38.0 Å². The summed E-state index contributed by atoms with van der Waals surface area (Å²) in [6.45, 7) is 6.56. The molecule has 2 aliphatic rings. The molecule has 2 aromatic rings. The van der Waals surface area contributed by atoms with Crippen LogP contribution in [-0.4, -0.2) is 58.9 Å². The molecule has 4 rings (SSSR count). The van der Waals surface area contributed by atoms with Gasteiger partial charge in [0.05, 0.1) is 18.4 Å². The summed E-state index contributed by atoms with van der Waals surface area (Å²) in [4.78, 5) is 29.2. The van der Waals surface area contributed by atoms with E-state index in [9.17, 15) is 14.9 Å². The first-order chi connectivity index (χ1) is 15.5. The average molecular weight is 438 g/mol. The molecule has 1 aliphatic heterocycles. The third kappa shape index (κ3) is 4.44. The van der Waals surface area contributed by atoms with Gasteiger partial charge in [0, 0.05) is 37.9 Å². The summed E-state index contributed by atoms with van der Waals surface area (Å²) < 4.78 is 7.39. The number of nitrogens with one attached hydrogen (secondary N) is 1. The Kier molecular flexibility index (Phi) is 6.66. The maximum absolute atomic E-state index is 12.9. The quantitative estimate of drug-likeness (QED) is 0.773. The minimum Gasteiger partial charge on any atom is -0.459 e. The number of piperazine rings is 1. The molecular formula is C24H31N5O3. The van der Waals surface area contributed by atoms with Crippen molar-refractivity contribution < 1.29 is 14.0 Å². The van der Waals surface area contributed by atoms with Gasteiger partial charge in [-0.15, -0.1) is 0 Å². The maximum atomic E-state index is 12.9. The zero-order chi connectivity index (χ0) is 22.7. The monoisotopic (exact) mass is 437 g/mol. The lowest BCUT2D eigenvalue weighted by atomic mass is 9.95. The molecule has 8 nitrogen and oxygen atoms in total. The first kappa shape index (κ1) is 22.2. The van der Waals surface area contributed by atoms with Gasteiger partial charge in [-0.1, -0.05) is 19.3 Å². The van der Waals surface area contributed by atoms with E-state index in [-0.39, 0.29) is 18.4 Å². The second kappa shape index (κ2) is 9.61. The molecule has 1 saturated heterocycles. The van der Waals surface area contributed by atoms with E-state index in [1.165, 1.54) is 25.5 Å². The van der Waals surface area contributed by atoms with Gasteiger partial charge in [-0.3, -0.25) is 14.5 Å². The summed E-state index contributed by atoms with van der Waals surface area (Å²) in [5, 5.41) is 12.8. The fourth-order valence-electron chi connectivity index (χ4n) is 4.92. The molecular weight excluding hydrogens is 406 g/mol. The second-order valence-electron chi connectivity index (χ2n) is 8.80. The van der Waals surface area contributed by atoms with Crippen molar-refractivity contribution in [2.45, 2.75) is 52.0 Å². The summed E-state index contributed by atoms with van der Waals surface area (Å²) in [7, 11) is 0. The summed E-state index contributed by atoms with van der Waals surface area (Å²) in [6.07, 6.45) is 7.25. The Morgan fingerprint density at radius 3 is 2.50 bits per heavy atom. The van der Waals surface area contributed by atoms with Crippen molar-refractivity contribution in [3.05, 3.63) is 41.0 Å². The highest BCUT2D eigenvalue weighted by Gasteiger charge is 2.28. The van der Waals surface area contributed by atoms with E-state index in [1.807, 2.05) is 18.7 Å². The van der Waals surface area contributed by atoms with Gasteiger partial charge in [0.2, 0.25) is 5.91 Å². The lowest BCUT2D eigenvalue weighted by molar-refractivity contribution is -0.117. The first-order valence-electron chi connectivity index (χ1n) is 11.5. The molecule has 2 amide bonds. The van der Waals surface area contributed by atoms with Crippen LogP contribution in [0.3, 0.4) is 0 Å². The number of nitriles is 1. The van der Waals surface area contributed by atoms with Crippen molar-refractivity contribution in [3.63, 3.8) is 0 Å². The normalized spacial score (nSPS) is 17.8. The molecule has 8 heteroatoms. The van der Waals surface area contributed by atoms with E-state index >= 15 is 0 Å². The number of anilines is 1. The lowest BCUT2D eigenvalue weighted by Gasteiger charge is -2.34. The lowest BCUT2D eigenvalue weighted by Crippen LogP contribution is -2.50. The van der Waals surface area contributed by atoms with Gasteiger partial charge in [0.25, 0.3) is 5.91 Å². The van der Waals surface area contributed by atoms with Crippen LogP contribution in [0.15, 0.2) is 22.8 Å². The molecule has 32 heavy (non-hydrogen) atoms. The van der Waals surface area contributed by atoms with Crippen LogP contribution in [-0.2, 0) is 4.79 Å². The summed E-state index contributed by atoms with van der Waals surface area (Å²) in [5.41, 5.74) is 2.57. The Labute approximate surface area is 188 Å². The number of carbonyl (C=O) groups is 2. The Hall–Kier alpha value is -3.05. The van der Waals surface area contributed by atoms with Gasteiger partial charge < -0.3 is 19.2 Å². The van der Waals surface area contributed by atoms with Crippen LogP contribution in [0.5, 0.6) is 0 Å². The third-order valence-electron chi connectivity index (χ3n) is 6.82. The van der Waals surface area contributed by atoms with Crippen LogP contribution in [0.2, 0.25) is 0 Å². The van der Waals surface area contributed by atoms with Crippen LogP contribution in [0.1, 0.15) is 65.5 Å². The largest absolute Gasteiger partial charge is 0.459 e. The van der Waals surface area contributed by atoms with Gasteiger partial charge in [0.15, 0.2) is 5.76 Å². The fraction of sp³-hybridized carbons (Fsp3) is 0.542. The SMILES string of the molecule is Cc1c(C#N)c(NC(=O)CN2CCN(C(=O)c3ccco3)CC2)n(C2CCCCC2)c1C. The number of aromatic nitrogens is 1. The average Bonchev–Trinajstić information content (AvgIpc) is 3.42. The summed E-state index contributed by atoms with van der Waals surface area (Å²) in [5.74, 6) is 0.747.